The lowest BCUT2D eigenvalue weighted by Crippen LogP contribution is -2.26. The Morgan fingerprint density at radius 3 is 2.83 bits per heavy atom. The lowest BCUT2D eigenvalue weighted by molar-refractivity contribution is 0.577. The van der Waals surface area contributed by atoms with E-state index in [0.717, 1.165) is 18.5 Å². The van der Waals surface area contributed by atoms with E-state index in [-0.39, 0.29) is 17.8 Å². The van der Waals surface area contributed by atoms with Crippen molar-refractivity contribution in [3.63, 3.8) is 0 Å². The van der Waals surface area contributed by atoms with Gasteiger partial charge in [-0.3, -0.25) is 5.10 Å². The number of nitrogens with one attached hydrogen (secondary N) is 2. The third-order valence-electron chi connectivity index (χ3n) is 5.33. The Kier molecular flexibility index (Phi) is 4.46. The molecule has 4 N–H and O–H groups in total. The smallest absolute Gasteiger partial charge is 0.235 e. The largest absolute Gasteiger partial charge is 0.368 e. The summed E-state index contributed by atoms with van der Waals surface area (Å²) in [6.07, 6.45) is 4.05. The average molecular weight is 415 g/mol. The molecule has 2 fully saturated rings. The zero-order chi connectivity index (χ0) is 20.0. The minimum atomic E-state index is -0.334. The van der Waals surface area contributed by atoms with E-state index in [0.29, 0.717) is 40.8 Å². The Morgan fingerprint density at radius 2 is 2.03 bits per heavy atom. The number of anilines is 4. The molecule has 0 radical (unpaired) electrons. The maximum absolute atomic E-state index is 14.5. The summed E-state index contributed by atoms with van der Waals surface area (Å²) in [5.41, 5.74) is 7.60. The predicted molar refractivity (Wildman–Crippen MR) is 109 cm³/mol. The van der Waals surface area contributed by atoms with Gasteiger partial charge in [0.1, 0.15) is 5.82 Å². The molecular formula is C19H20ClFN8. The van der Waals surface area contributed by atoms with E-state index >= 15 is 0 Å². The molecule has 0 spiro atoms. The van der Waals surface area contributed by atoms with Crippen LogP contribution in [-0.2, 0) is 0 Å². The Labute approximate surface area is 171 Å². The number of hydrogen-bond acceptors (Lipinski definition) is 7. The van der Waals surface area contributed by atoms with Crippen molar-refractivity contribution >= 4 is 35.3 Å². The van der Waals surface area contributed by atoms with Crippen molar-refractivity contribution < 1.29 is 4.39 Å². The Morgan fingerprint density at radius 1 is 1.17 bits per heavy atom. The van der Waals surface area contributed by atoms with Crippen molar-refractivity contribution in [3.05, 3.63) is 46.4 Å². The van der Waals surface area contributed by atoms with Gasteiger partial charge >= 0.3 is 0 Å². The van der Waals surface area contributed by atoms with Crippen molar-refractivity contribution in [3.8, 4) is 0 Å². The zero-order valence-electron chi connectivity index (χ0n) is 15.6. The van der Waals surface area contributed by atoms with Gasteiger partial charge in [0.2, 0.25) is 17.8 Å². The van der Waals surface area contributed by atoms with Gasteiger partial charge in [-0.1, -0.05) is 17.7 Å². The minimum Gasteiger partial charge on any atom is -0.368 e. The van der Waals surface area contributed by atoms with Gasteiger partial charge in [-0.2, -0.15) is 20.1 Å². The summed E-state index contributed by atoms with van der Waals surface area (Å²) in [5.74, 6) is 1.68. The summed E-state index contributed by atoms with van der Waals surface area (Å²) < 4.78 is 14.5. The third-order valence-corrected chi connectivity index (χ3v) is 5.56. The quantitative estimate of drug-likeness (QED) is 0.580. The molecule has 3 heterocycles. The van der Waals surface area contributed by atoms with Crippen molar-refractivity contribution in [2.24, 2.45) is 0 Å². The number of nitrogen functional groups attached to an aromatic ring is 1. The van der Waals surface area contributed by atoms with Crippen LogP contribution in [0.3, 0.4) is 0 Å². The molecule has 8 nitrogen and oxygen atoms in total. The van der Waals surface area contributed by atoms with E-state index < -0.39 is 0 Å². The maximum atomic E-state index is 14.5. The van der Waals surface area contributed by atoms with Gasteiger partial charge in [-0.15, -0.1) is 0 Å². The number of aromatic amines is 1. The fourth-order valence-corrected chi connectivity index (χ4v) is 3.94. The highest BCUT2D eigenvalue weighted by atomic mass is 35.5. The molecule has 1 aromatic carbocycles. The van der Waals surface area contributed by atoms with E-state index in [1.165, 1.54) is 18.9 Å². The van der Waals surface area contributed by atoms with Crippen molar-refractivity contribution in [1.82, 2.24) is 25.1 Å². The summed E-state index contributed by atoms with van der Waals surface area (Å²) in [6, 6.07) is 6.51. The Bertz CT molecular complexity index is 1050. The number of halogens is 2. The predicted octanol–water partition coefficient (Wildman–Crippen LogP) is 3.93. The normalized spacial score (nSPS) is 19.0. The molecule has 1 saturated heterocycles. The van der Waals surface area contributed by atoms with Crippen LogP contribution in [0.25, 0.3) is 0 Å². The standard InChI is InChI=1S/C19H20ClFN8/c20-11-5-6-12(13(21)8-11)15-2-1-7-29(15)19-25-17(22)24-18(26-19)23-16-9-14(27-28-16)10-3-4-10/h5-6,8-10,15H,1-4,7H2,(H4,22,23,24,25,26,27,28). The number of H-pyrrole nitrogens is 1. The molecule has 3 aromatic rings. The molecule has 1 unspecified atom stereocenters. The van der Waals surface area contributed by atoms with Crippen LogP contribution < -0.4 is 16.0 Å². The molecule has 0 bridgehead atoms. The number of aromatic nitrogens is 5. The number of hydrogen-bond donors (Lipinski definition) is 3. The molecule has 29 heavy (non-hydrogen) atoms. The van der Waals surface area contributed by atoms with Crippen LogP contribution in [-0.4, -0.2) is 31.7 Å². The SMILES string of the molecule is Nc1nc(Nc2cc(C3CC3)[nH]n2)nc(N2CCCC2c2ccc(Cl)cc2F)n1. The van der Waals surface area contributed by atoms with Crippen LogP contribution in [0.2, 0.25) is 5.02 Å². The van der Waals surface area contributed by atoms with Crippen LogP contribution in [0.15, 0.2) is 24.3 Å². The number of nitrogens with two attached hydrogens (primary N) is 1. The fourth-order valence-electron chi connectivity index (χ4n) is 3.78. The Balaban J connectivity index is 1.42. The van der Waals surface area contributed by atoms with Crippen molar-refractivity contribution in [2.45, 2.75) is 37.6 Å². The second kappa shape index (κ2) is 7.14. The van der Waals surface area contributed by atoms with Gasteiger partial charge in [0.25, 0.3) is 0 Å². The summed E-state index contributed by atoms with van der Waals surface area (Å²) >= 11 is 5.90. The molecule has 1 atom stereocenters. The molecule has 2 aromatic heterocycles. The second-order valence-corrected chi connectivity index (χ2v) is 7.88. The molecule has 0 amide bonds. The molecule has 1 aliphatic heterocycles. The molecular weight excluding hydrogens is 395 g/mol. The van der Waals surface area contributed by atoms with Crippen LogP contribution >= 0.6 is 11.6 Å². The van der Waals surface area contributed by atoms with Gasteiger partial charge < -0.3 is 16.0 Å². The first kappa shape index (κ1) is 18.1. The summed E-state index contributed by atoms with van der Waals surface area (Å²) in [4.78, 5) is 14.9. The first-order valence-corrected chi connectivity index (χ1v) is 10.00. The number of nitrogens with zero attached hydrogens (tertiary/aromatic N) is 5. The van der Waals surface area contributed by atoms with Crippen molar-refractivity contribution in [1.29, 1.82) is 0 Å². The molecule has 150 valence electrons. The van der Waals surface area contributed by atoms with Gasteiger partial charge in [0.15, 0.2) is 5.82 Å². The lowest BCUT2D eigenvalue weighted by atomic mass is 10.0. The lowest BCUT2D eigenvalue weighted by Gasteiger charge is -2.25. The first-order valence-electron chi connectivity index (χ1n) is 9.62. The van der Waals surface area contributed by atoms with Gasteiger partial charge in [0.05, 0.1) is 6.04 Å². The topological polar surface area (TPSA) is 109 Å². The van der Waals surface area contributed by atoms with Crippen LogP contribution in [0.5, 0.6) is 0 Å². The fraction of sp³-hybridized carbons (Fsp3) is 0.368. The summed E-state index contributed by atoms with van der Waals surface area (Å²) in [5, 5.41) is 10.7. The van der Waals surface area contributed by atoms with Crippen LogP contribution in [0, 0.1) is 5.82 Å². The van der Waals surface area contributed by atoms with E-state index in [1.54, 1.807) is 12.1 Å². The molecule has 5 rings (SSSR count). The van der Waals surface area contributed by atoms with Gasteiger partial charge in [-0.05, 0) is 37.8 Å². The molecule has 10 heteroatoms. The molecule has 2 aliphatic rings. The Hall–Kier alpha value is -2.94. The van der Waals surface area contributed by atoms with E-state index in [4.69, 9.17) is 17.3 Å². The highest BCUT2D eigenvalue weighted by Gasteiger charge is 2.31. The summed E-state index contributed by atoms with van der Waals surface area (Å²) in [6.45, 7) is 0.698. The number of rotatable bonds is 5. The minimum absolute atomic E-state index is 0.0951. The number of benzene rings is 1. The third kappa shape index (κ3) is 3.69. The van der Waals surface area contributed by atoms with E-state index in [2.05, 4.69) is 30.5 Å². The molecule has 1 saturated carbocycles. The van der Waals surface area contributed by atoms with Crippen molar-refractivity contribution in [2.75, 3.05) is 22.5 Å². The maximum Gasteiger partial charge on any atom is 0.235 e. The molecule has 1 aliphatic carbocycles. The van der Waals surface area contributed by atoms with Gasteiger partial charge in [-0.25, -0.2) is 4.39 Å². The van der Waals surface area contributed by atoms with E-state index in [9.17, 15) is 4.39 Å². The average Bonchev–Trinajstić information content (AvgIpc) is 3.22. The zero-order valence-corrected chi connectivity index (χ0v) is 16.3. The second-order valence-electron chi connectivity index (χ2n) is 7.44. The first-order chi connectivity index (χ1) is 14.1. The highest BCUT2D eigenvalue weighted by molar-refractivity contribution is 6.30. The van der Waals surface area contributed by atoms with Crippen LogP contribution in [0.4, 0.5) is 28.1 Å². The summed E-state index contributed by atoms with van der Waals surface area (Å²) in [7, 11) is 0. The highest BCUT2D eigenvalue weighted by Crippen LogP contribution is 2.40. The van der Waals surface area contributed by atoms with Gasteiger partial charge in [0, 0.05) is 34.8 Å². The van der Waals surface area contributed by atoms with Crippen LogP contribution in [0.1, 0.15) is 48.9 Å². The monoisotopic (exact) mass is 414 g/mol. The van der Waals surface area contributed by atoms with E-state index in [1.807, 2.05) is 11.0 Å².